The van der Waals surface area contributed by atoms with E-state index in [1.807, 2.05) is 36.7 Å². The van der Waals surface area contributed by atoms with Crippen molar-refractivity contribution in [1.82, 2.24) is 5.32 Å². The summed E-state index contributed by atoms with van der Waals surface area (Å²) >= 11 is 3.01. The highest BCUT2D eigenvalue weighted by Gasteiger charge is 2.04. The lowest BCUT2D eigenvalue weighted by Crippen LogP contribution is -2.12. The Morgan fingerprint density at radius 2 is 1.95 bits per heavy atom. The lowest BCUT2D eigenvalue weighted by atomic mass is 10.2. The number of benzene rings is 2. The van der Waals surface area contributed by atoms with Crippen molar-refractivity contribution in [2.24, 2.45) is 4.99 Å². The Bertz CT molecular complexity index is 693. The highest BCUT2D eigenvalue weighted by molar-refractivity contribution is 8.13. The van der Waals surface area contributed by atoms with Crippen LogP contribution in [0, 0.1) is 17.3 Å². The van der Waals surface area contributed by atoms with Crippen LogP contribution in [0.1, 0.15) is 5.56 Å². The van der Waals surface area contributed by atoms with Gasteiger partial charge in [-0.3, -0.25) is 5.32 Å². The normalized spacial score (nSPS) is 11.0. The Morgan fingerprint density at radius 3 is 2.64 bits per heavy atom. The predicted molar refractivity (Wildman–Crippen MR) is 91.8 cm³/mol. The number of para-hydroxylation sites is 1. The molecule has 0 aliphatic carbocycles. The van der Waals surface area contributed by atoms with E-state index in [4.69, 9.17) is 5.26 Å². The molecule has 6 heteroatoms. The molecule has 0 saturated carbocycles. The molecule has 0 atom stereocenters. The van der Waals surface area contributed by atoms with Crippen LogP contribution in [0.25, 0.3) is 0 Å². The van der Waals surface area contributed by atoms with Gasteiger partial charge >= 0.3 is 0 Å². The smallest absolute Gasteiger partial charge is 0.183 e. The van der Waals surface area contributed by atoms with Crippen LogP contribution >= 0.6 is 23.5 Å². The maximum atomic E-state index is 12.9. The summed E-state index contributed by atoms with van der Waals surface area (Å²) in [6.07, 6.45) is 3.74. The van der Waals surface area contributed by atoms with Gasteiger partial charge in [-0.05, 0) is 36.1 Å². The van der Waals surface area contributed by atoms with Crippen molar-refractivity contribution in [2.45, 2.75) is 10.6 Å². The van der Waals surface area contributed by atoms with Crippen molar-refractivity contribution in [3.63, 3.8) is 0 Å². The van der Waals surface area contributed by atoms with E-state index in [0.717, 1.165) is 21.9 Å². The molecular weight excluding hydrogens is 317 g/mol. The van der Waals surface area contributed by atoms with Crippen LogP contribution in [0.15, 0.2) is 58.4 Å². The third kappa shape index (κ3) is 4.79. The lowest BCUT2D eigenvalue weighted by molar-refractivity contribution is 0.627. The summed E-state index contributed by atoms with van der Waals surface area (Å²) in [7, 11) is 0. The topological polar surface area (TPSA) is 48.2 Å². The standard InChI is InChI=1S/C16H14FN3S2/c1-21-16(19-11-18)20-14-4-2-3-5-15(14)22-10-12-6-8-13(17)9-7-12/h2-9H,10H2,1H3,(H,19,20). The molecule has 0 fully saturated rings. The fourth-order valence-corrected chi connectivity index (χ4v) is 2.98. The number of hydrogen-bond acceptors (Lipinski definition) is 4. The van der Waals surface area contributed by atoms with Gasteiger partial charge in [-0.2, -0.15) is 5.26 Å². The molecule has 2 aromatic rings. The predicted octanol–water partition coefficient (Wildman–Crippen LogP) is 4.54. The molecule has 2 rings (SSSR count). The molecule has 0 amide bonds. The minimum Gasteiger partial charge on any atom is -0.271 e. The van der Waals surface area contributed by atoms with E-state index < -0.39 is 0 Å². The molecule has 0 heterocycles. The van der Waals surface area contributed by atoms with Crippen molar-refractivity contribution in [3.05, 3.63) is 59.9 Å². The van der Waals surface area contributed by atoms with E-state index >= 15 is 0 Å². The summed E-state index contributed by atoms with van der Waals surface area (Å²) in [6.45, 7) is 0. The maximum absolute atomic E-state index is 12.9. The fraction of sp³-hybridized carbons (Fsp3) is 0.125. The van der Waals surface area contributed by atoms with Crippen LogP contribution in [-0.2, 0) is 5.75 Å². The highest BCUT2D eigenvalue weighted by atomic mass is 32.2. The number of hydrogen-bond donors (Lipinski definition) is 1. The summed E-state index contributed by atoms with van der Waals surface area (Å²) in [4.78, 5) is 5.47. The zero-order valence-electron chi connectivity index (χ0n) is 11.9. The first kappa shape index (κ1) is 16.4. The molecule has 0 bridgehead atoms. The second-order valence-electron chi connectivity index (χ2n) is 4.24. The van der Waals surface area contributed by atoms with E-state index in [1.165, 1.54) is 23.9 Å². The van der Waals surface area contributed by atoms with E-state index in [-0.39, 0.29) is 5.82 Å². The van der Waals surface area contributed by atoms with Crippen LogP contribution in [0.5, 0.6) is 0 Å². The van der Waals surface area contributed by atoms with Crippen LogP contribution < -0.4 is 5.32 Å². The molecule has 0 radical (unpaired) electrons. The molecule has 0 aliphatic rings. The van der Waals surface area contributed by atoms with Crippen LogP contribution in [0.3, 0.4) is 0 Å². The van der Waals surface area contributed by atoms with Gasteiger partial charge in [0.05, 0.1) is 5.69 Å². The molecular formula is C16H14FN3S2. The van der Waals surface area contributed by atoms with Gasteiger partial charge in [-0.25, -0.2) is 9.38 Å². The molecule has 2 aromatic carbocycles. The Labute approximate surface area is 137 Å². The quantitative estimate of drug-likeness (QED) is 0.294. The summed E-state index contributed by atoms with van der Waals surface area (Å²) in [5.41, 5.74) is 1.85. The zero-order chi connectivity index (χ0) is 15.8. The molecule has 3 nitrogen and oxygen atoms in total. The monoisotopic (exact) mass is 331 g/mol. The largest absolute Gasteiger partial charge is 0.271 e. The average molecular weight is 331 g/mol. The summed E-state index contributed by atoms with van der Waals surface area (Å²) in [6, 6.07) is 14.2. The number of nitriles is 1. The number of rotatable bonds is 4. The Morgan fingerprint density at radius 1 is 1.23 bits per heavy atom. The van der Waals surface area contributed by atoms with Gasteiger partial charge in [0.15, 0.2) is 11.4 Å². The van der Waals surface area contributed by atoms with Gasteiger partial charge in [-0.15, -0.1) is 11.8 Å². The molecule has 0 aliphatic heterocycles. The number of halogens is 1. The van der Waals surface area contributed by atoms with Crippen molar-refractivity contribution in [2.75, 3.05) is 6.26 Å². The van der Waals surface area contributed by atoms with E-state index in [9.17, 15) is 4.39 Å². The van der Waals surface area contributed by atoms with Crippen molar-refractivity contribution < 1.29 is 4.39 Å². The van der Waals surface area contributed by atoms with E-state index in [1.54, 1.807) is 23.9 Å². The van der Waals surface area contributed by atoms with E-state index in [2.05, 4.69) is 10.3 Å². The first-order chi connectivity index (χ1) is 10.7. The Balaban J connectivity index is 2.14. The van der Waals surface area contributed by atoms with Crippen molar-refractivity contribution in [1.29, 1.82) is 5.26 Å². The number of thioether (sulfide) groups is 2. The average Bonchev–Trinajstić information content (AvgIpc) is 2.55. The van der Waals surface area contributed by atoms with Crippen LogP contribution in [0.2, 0.25) is 0 Å². The van der Waals surface area contributed by atoms with Crippen LogP contribution in [0.4, 0.5) is 10.1 Å². The minimum atomic E-state index is -0.231. The Kier molecular flexibility index (Phi) is 6.31. The van der Waals surface area contributed by atoms with Gasteiger partial charge in [0.2, 0.25) is 0 Å². The lowest BCUT2D eigenvalue weighted by Gasteiger charge is -2.07. The van der Waals surface area contributed by atoms with Gasteiger partial charge in [-0.1, -0.05) is 36.0 Å². The first-order valence-electron chi connectivity index (χ1n) is 6.47. The summed E-state index contributed by atoms with van der Waals surface area (Å²) in [5, 5.41) is 11.8. The number of amidine groups is 1. The first-order valence-corrected chi connectivity index (χ1v) is 8.68. The fourth-order valence-electron chi connectivity index (χ4n) is 1.70. The van der Waals surface area contributed by atoms with Gasteiger partial charge < -0.3 is 0 Å². The minimum absolute atomic E-state index is 0.231. The summed E-state index contributed by atoms with van der Waals surface area (Å²) < 4.78 is 12.9. The number of nitrogens with zero attached hydrogens (tertiary/aromatic N) is 2. The van der Waals surface area contributed by atoms with Gasteiger partial charge in [0.1, 0.15) is 5.82 Å². The highest BCUT2D eigenvalue weighted by Crippen LogP contribution is 2.32. The molecule has 0 saturated heterocycles. The Hall–Kier alpha value is -1.97. The SMILES string of the molecule is CSC(=Nc1ccccc1SCc1ccc(F)cc1)NC#N. The molecule has 1 N–H and O–H groups in total. The van der Waals surface area contributed by atoms with Crippen molar-refractivity contribution in [3.8, 4) is 6.19 Å². The van der Waals surface area contributed by atoms with Crippen LogP contribution in [-0.4, -0.2) is 11.4 Å². The molecule has 112 valence electrons. The zero-order valence-corrected chi connectivity index (χ0v) is 13.5. The molecule has 0 unspecified atom stereocenters. The molecule has 0 aromatic heterocycles. The number of nitrogens with one attached hydrogen (secondary N) is 1. The second-order valence-corrected chi connectivity index (χ2v) is 6.05. The molecule has 22 heavy (non-hydrogen) atoms. The van der Waals surface area contributed by atoms with Gasteiger partial charge in [0.25, 0.3) is 0 Å². The van der Waals surface area contributed by atoms with Crippen molar-refractivity contribution >= 4 is 34.4 Å². The molecule has 0 spiro atoms. The third-order valence-corrected chi connectivity index (χ3v) is 4.46. The number of aliphatic imine (C=N–C) groups is 1. The van der Waals surface area contributed by atoms with E-state index in [0.29, 0.717) is 5.17 Å². The second kappa shape index (κ2) is 8.47. The van der Waals surface area contributed by atoms with Gasteiger partial charge in [0, 0.05) is 10.6 Å². The third-order valence-electron chi connectivity index (χ3n) is 2.75. The summed E-state index contributed by atoms with van der Waals surface area (Å²) in [5.74, 6) is 0.499. The maximum Gasteiger partial charge on any atom is 0.183 e.